The monoisotopic (exact) mass is 219 g/mol. The van der Waals surface area contributed by atoms with Gasteiger partial charge in [-0.2, -0.15) is 0 Å². The van der Waals surface area contributed by atoms with Gasteiger partial charge in [0.2, 0.25) is 0 Å². The van der Waals surface area contributed by atoms with Gasteiger partial charge in [-0.25, -0.2) is 0 Å². The van der Waals surface area contributed by atoms with Gasteiger partial charge >= 0.3 is 0 Å². The fourth-order valence-electron chi connectivity index (χ4n) is 2.31. The summed E-state index contributed by atoms with van der Waals surface area (Å²) < 4.78 is 0. The number of carbonyl (C=O) groups is 1. The molecule has 1 aliphatic rings. The number of phenolic OH excluding ortho intramolecular Hbond substituents is 1. The minimum atomic E-state index is -0.0986. The molecule has 1 aromatic rings. The van der Waals surface area contributed by atoms with Crippen LogP contribution in [0.15, 0.2) is 18.2 Å². The van der Waals surface area contributed by atoms with Gasteiger partial charge < -0.3 is 10.0 Å². The fraction of sp³-hybridized carbons (Fsp3) is 0.462. The summed E-state index contributed by atoms with van der Waals surface area (Å²) in [5.41, 5.74) is 1.41. The van der Waals surface area contributed by atoms with E-state index in [4.69, 9.17) is 0 Å². The third-order valence-corrected chi connectivity index (χ3v) is 3.25. The molecule has 0 amide bonds. The molecule has 1 aromatic carbocycles. The molecule has 0 saturated carbocycles. The lowest BCUT2D eigenvalue weighted by Crippen LogP contribution is -2.26. The first-order valence-corrected chi connectivity index (χ1v) is 5.70. The van der Waals surface area contributed by atoms with Crippen LogP contribution in [0.3, 0.4) is 0 Å². The van der Waals surface area contributed by atoms with Gasteiger partial charge in [0.25, 0.3) is 0 Å². The molecule has 0 aromatic heterocycles. The Labute approximate surface area is 95.7 Å². The van der Waals surface area contributed by atoms with E-state index in [1.165, 1.54) is 19.8 Å². The van der Waals surface area contributed by atoms with Crippen molar-refractivity contribution in [3.63, 3.8) is 0 Å². The van der Waals surface area contributed by atoms with Crippen molar-refractivity contribution < 1.29 is 9.90 Å². The van der Waals surface area contributed by atoms with Crippen molar-refractivity contribution >= 4 is 11.5 Å². The van der Waals surface area contributed by atoms with Crippen LogP contribution in [0.25, 0.3) is 0 Å². The van der Waals surface area contributed by atoms with Crippen molar-refractivity contribution in [1.29, 1.82) is 0 Å². The van der Waals surface area contributed by atoms with Crippen LogP contribution in [0.5, 0.6) is 5.75 Å². The number of anilines is 1. The molecule has 1 atom stereocenters. The first-order chi connectivity index (χ1) is 7.59. The molecule has 86 valence electrons. The van der Waals surface area contributed by atoms with Gasteiger partial charge in [-0.1, -0.05) is 0 Å². The zero-order valence-electron chi connectivity index (χ0n) is 9.73. The largest absolute Gasteiger partial charge is 0.507 e. The maximum Gasteiger partial charge on any atom is 0.163 e. The van der Waals surface area contributed by atoms with Crippen molar-refractivity contribution in [2.24, 2.45) is 0 Å². The molecule has 0 aliphatic carbocycles. The second-order valence-electron chi connectivity index (χ2n) is 4.44. The maximum absolute atomic E-state index is 11.2. The first-order valence-electron chi connectivity index (χ1n) is 5.70. The van der Waals surface area contributed by atoms with Crippen molar-refractivity contribution in [3.05, 3.63) is 23.8 Å². The zero-order chi connectivity index (χ0) is 11.7. The third kappa shape index (κ3) is 1.90. The highest BCUT2D eigenvalue weighted by atomic mass is 16.3. The van der Waals surface area contributed by atoms with E-state index in [2.05, 4.69) is 11.8 Å². The van der Waals surface area contributed by atoms with Crippen molar-refractivity contribution in [3.8, 4) is 5.75 Å². The highest BCUT2D eigenvalue weighted by Crippen LogP contribution is 2.30. The van der Waals surface area contributed by atoms with E-state index >= 15 is 0 Å². The number of hydrogen-bond donors (Lipinski definition) is 1. The molecule has 2 rings (SSSR count). The summed E-state index contributed by atoms with van der Waals surface area (Å²) in [4.78, 5) is 13.5. The number of carbonyl (C=O) groups excluding carboxylic acids is 1. The highest BCUT2D eigenvalue weighted by Gasteiger charge is 2.21. The number of phenols is 1. The van der Waals surface area contributed by atoms with Crippen molar-refractivity contribution in [2.45, 2.75) is 32.7 Å². The Morgan fingerprint density at radius 3 is 2.75 bits per heavy atom. The summed E-state index contributed by atoms with van der Waals surface area (Å²) in [6.07, 6.45) is 2.38. The van der Waals surface area contributed by atoms with E-state index in [0.717, 1.165) is 12.2 Å². The van der Waals surface area contributed by atoms with Crippen LogP contribution in [-0.2, 0) is 0 Å². The van der Waals surface area contributed by atoms with Crippen LogP contribution < -0.4 is 4.90 Å². The second kappa shape index (κ2) is 4.16. The highest BCUT2D eigenvalue weighted by molar-refractivity contribution is 5.97. The van der Waals surface area contributed by atoms with E-state index in [9.17, 15) is 9.90 Å². The summed E-state index contributed by atoms with van der Waals surface area (Å²) >= 11 is 0. The topological polar surface area (TPSA) is 40.5 Å². The zero-order valence-corrected chi connectivity index (χ0v) is 9.73. The Bertz CT molecular complexity index is 414. The number of ketones is 1. The van der Waals surface area contributed by atoms with E-state index in [1.54, 1.807) is 12.1 Å². The van der Waals surface area contributed by atoms with Gasteiger partial charge in [-0.05, 0) is 38.8 Å². The average Bonchev–Trinajstić information content (AvgIpc) is 2.63. The quantitative estimate of drug-likeness (QED) is 0.777. The number of Topliss-reactive ketones (excluding diaryl/α,β-unsaturated/α-hetero) is 1. The molecule has 0 spiro atoms. The maximum atomic E-state index is 11.2. The molecule has 1 aliphatic heterocycles. The summed E-state index contributed by atoms with van der Waals surface area (Å²) in [7, 11) is 0. The van der Waals surface area contributed by atoms with E-state index < -0.39 is 0 Å². The summed E-state index contributed by atoms with van der Waals surface area (Å²) in [5.74, 6) is -0.0115. The molecule has 1 unspecified atom stereocenters. The van der Waals surface area contributed by atoms with E-state index in [0.29, 0.717) is 11.6 Å². The molecule has 0 radical (unpaired) electrons. The van der Waals surface area contributed by atoms with Gasteiger partial charge in [0.15, 0.2) is 5.78 Å². The molecular formula is C13H17NO2. The lowest BCUT2D eigenvalue weighted by Gasteiger charge is -2.24. The molecular weight excluding hydrogens is 202 g/mol. The third-order valence-electron chi connectivity index (χ3n) is 3.25. The van der Waals surface area contributed by atoms with Gasteiger partial charge in [0.1, 0.15) is 5.75 Å². The number of aromatic hydroxyl groups is 1. The molecule has 1 fully saturated rings. The summed E-state index contributed by atoms with van der Waals surface area (Å²) in [6, 6.07) is 5.83. The van der Waals surface area contributed by atoms with E-state index in [-0.39, 0.29) is 11.5 Å². The Morgan fingerprint density at radius 1 is 1.50 bits per heavy atom. The Kier molecular flexibility index (Phi) is 2.86. The number of nitrogens with zero attached hydrogens (tertiary/aromatic N) is 1. The summed E-state index contributed by atoms with van der Waals surface area (Å²) in [5, 5.41) is 9.76. The predicted molar refractivity (Wildman–Crippen MR) is 64.2 cm³/mol. The summed E-state index contributed by atoms with van der Waals surface area (Å²) in [6.45, 7) is 4.68. The van der Waals surface area contributed by atoms with Crippen LogP contribution in [0.2, 0.25) is 0 Å². The van der Waals surface area contributed by atoms with Gasteiger partial charge in [-0.15, -0.1) is 0 Å². The first kappa shape index (κ1) is 11.0. The predicted octanol–water partition coefficient (Wildman–Crippen LogP) is 2.58. The fourth-order valence-corrected chi connectivity index (χ4v) is 2.31. The van der Waals surface area contributed by atoms with Crippen molar-refractivity contribution in [1.82, 2.24) is 0 Å². The normalized spacial score (nSPS) is 20.1. The molecule has 16 heavy (non-hydrogen) atoms. The van der Waals surface area contributed by atoms with Gasteiger partial charge in [0, 0.05) is 24.3 Å². The van der Waals surface area contributed by atoms with Crippen LogP contribution in [0.1, 0.15) is 37.0 Å². The molecule has 3 nitrogen and oxygen atoms in total. The lowest BCUT2D eigenvalue weighted by molar-refractivity contribution is 0.101. The Balaban J connectivity index is 2.30. The minimum absolute atomic E-state index is 0.0871. The number of hydrogen-bond acceptors (Lipinski definition) is 3. The Morgan fingerprint density at radius 2 is 2.25 bits per heavy atom. The van der Waals surface area contributed by atoms with Gasteiger partial charge in [0.05, 0.1) is 5.56 Å². The van der Waals surface area contributed by atoms with Crippen LogP contribution in [0, 0.1) is 0 Å². The molecule has 0 bridgehead atoms. The SMILES string of the molecule is CC(=O)c1ccc(N2CCCC2C)cc1O. The number of rotatable bonds is 2. The Hall–Kier alpha value is -1.51. The lowest BCUT2D eigenvalue weighted by atomic mass is 10.1. The molecule has 1 heterocycles. The van der Waals surface area contributed by atoms with Crippen LogP contribution >= 0.6 is 0 Å². The average molecular weight is 219 g/mol. The molecule has 3 heteroatoms. The standard InChI is InChI=1S/C13H17NO2/c1-9-4-3-7-14(9)11-5-6-12(10(2)15)13(16)8-11/h5-6,8-9,16H,3-4,7H2,1-2H3. The molecule has 1 N–H and O–H groups in total. The minimum Gasteiger partial charge on any atom is -0.507 e. The number of benzene rings is 1. The molecule has 1 saturated heterocycles. The second-order valence-corrected chi connectivity index (χ2v) is 4.44. The van der Waals surface area contributed by atoms with Crippen molar-refractivity contribution in [2.75, 3.05) is 11.4 Å². The van der Waals surface area contributed by atoms with E-state index in [1.807, 2.05) is 6.07 Å². The van der Waals surface area contributed by atoms with Gasteiger partial charge in [-0.3, -0.25) is 4.79 Å². The van der Waals surface area contributed by atoms with Crippen LogP contribution in [0.4, 0.5) is 5.69 Å². The van der Waals surface area contributed by atoms with Crippen LogP contribution in [-0.4, -0.2) is 23.5 Å². The smallest absolute Gasteiger partial charge is 0.163 e.